The highest BCUT2D eigenvalue weighted by atomic mass is 32.1. The Kier molecular flexibility index (Phi) is 5.13. The fraction of sp³-hybridized carbons (Fsp3) is 0.400. The first-order valence-electron chi connectivity index (χ1n) is 9.56. The molecule has 1 aromatic carbocycles. The second-order valence-electron chi connectivity index (χ2n) is 7.10. The van der Waals surface area contributed by atoms with Crippen LogP contribution in [-0.2, 0) is 11.2 Å². The van der Waals surface area contributed by atoms with Crippen molar-refractivity contribution < 1.29 is 4.79 Å². The van der Waals surface area contributed by atoms with E-state index in [-0.39, 0.29) is 17.4 Å². The fourth-order valence-electron chi connectivity index (χ4n) is 3.59. The van der Waals surface area contributed by atoms with E-state index >= 15 is 0 Å². The molecule has 3 aromatic rings. The molecule has 0 saturated carbocycles. The van der Waals surface area contributed by atoms with Crippen LogP contribution in [0.3, 0.4) is 0 Å². The van der Waals surface area contributed by atoms with Gasteiger partial charge in [-0.1, -0.05) is 36.5 Å². The first-order valence-corrected chi connectivity index (χ1v) is 10.4. The highest BCUT2D eigenvalue weighted by Gasteiger charge is 2.28. The van der Waals surface area contributed by atoms with Gasteiger partial charge in [0.15, 0.2) is 0 Å². The van der Waals surface area contributed by atoms with Gasteiger partial charge in [0.2, 0.25) is 16.0 Å². The van der Waals surface area contributed by atoms with E-state index in [4.69, 9.17) is 0 Å². The van der Waals surface area contributed by atoms with E-state index in [1.807, 2.05) is 24.3 Å². The van der Waals surface area contributed by atoms with Gasteiger partial charge in [-0.05, 0) is 37.8 Å². The van der Waals surface area contributed by atoms with Gasteiger partial charge in [-0.3, -0.25) is 9.59 Å². The van der Waals surface area contributed by atoms with Crippen molar-refractivity contribution in [3.63, 3.8) is 0 Å². The zero-order valence-electron chi connectivity index (χ0n) is 16.0. The number of benzene rings is 1. The molecular weight excluding hydrogens is 374 g/mol. The zero-order chi connectivity index (χ0) is 19.7. The molecule has 8 heteroatoms. The summed E-state index contributed by atoms with van der Waals surface area (Å²) in [6.07, 6.45) is 2.63. The number of carbonyl (C=O) groups is 1. The highest BCUT2D eigenvalue weighted by molar-refractivity contribution is 7.20. The van der Waals surface area contributed by atoms with E-state index < -0.39 is 0 Å². The molecule has 0 unspecified atom stereocenters. The Balaban J connectivity index is 1.52. The lowest BCUT2D eigenvalue weighted by atomic mass is 9.97. The number of rotatable bonds is 4. The molecule has 28 heavy (non-hydrogen) atoms. The van der Waals surface area contributed by atoms with Crippen molar-refractivity contribution in [3.8, 4) is 0 Å². The number of nitrogens with zero attached hydrogens (tertiary/aromatic N) is 4. The Morgan fingerprint density at radius 1 is 1.36 bits per heavy atom. The summed E-state index contributed by atoms with van der Waals surface area (Å²) >= 11 is 1.39. The molecule has 0 aliphatic carbocycles. The molecular formula is C20H23N5O2S. The summed E-state index contributed by atoms with van der Waals surface area (Å²) < 4.78 is 1.34. The lowest BCUT2D eigenvalue weighted by Crippen LogP contribution is -2.41. The molecule has 1 atom stereocenters. The van der Waals surface area contributed by atoms with E-state index in [0.29, 0.717) is 17.2 Å². The minimum atomic E-state index is -0.174. The van der Waals surface area contributed by atoms with Crippen LogP contribution in [0.4, 0.5) is 10.8 Å². The maximum Gasteiger partial charge on any atom is 0.275 e. The number of para-hydroxylation sites is 1. The summed E-state index contributed by atoms with van der Waals surface area (Å²) in [5.74, 6) is -0.0741. The predicted molar refractivity (Wildman–Crippen MR) is 111 cm³/mol. The van der Waals surface area contributed by atoms with Gasteiger partial charge in [0.05, 0.1) is 5.92 Å². The zero-order valence-corrected chi connectivity index (χ0v) is 16.8. The number of piperidine rings is 1. The Morgan fingerprint density at radius 3 is 3.00 bits per heavy atom. The van der Waals surface area contributed by atoms with Crippen molar-refractivity contribution in [3.05, 3.63) is 51.9 Å². The quantitative estimate of drug-likeness (QED) is 0.732. The smallest absolute Gasteiger partial charge is 0.275 e. The number of anilines is 2. The van der Waals surface area contributed by atoms with Gasteiger partial charge in [0.1, 0.15) is 0 Å². The van der Waals surface area contributed by atoms with Gasteiger partial charge < -0.3 is 10.2 Å². The van der Waals surface area contributed by atoms with Crippen LogP contribution in [0.15, 0.2) is 35.1 Å². The molecule has 1 fully saturated rings. The van der Waals surface area contributed by atoms with Crippen LogP contribution >= 0.6 is 11.3 Å². The number of nitrogens with one attached hydrogen (secondary N) is 1. The third-order valence-corrected chi connectivity index (χ3v) is 6.05. The summed E-state index contributed by atoms with van der Waals surface area (Å²) in [5.41, 5.74) is 2.53. The Hall–Kier alpha value is -2.74. The van der Waals surface area contributed by atoms with Gasteiger partial charge in [0, 0.05) is 30.5 Å². The molecule has 1 saturated heterocycles. The van der Waals surface area contributed by atoms with Crippen molar-refractivity contribution in [2.24, 2.45) is 5.92 Å². The van der Waals surface area contributed by atoms with Crippen molar-refractivity contribution in [2.45, 2.75) is 33.1 Å². The average Bonchev–Trinajstić information content (AvgIpc) is 3.13. The van der Waals surface area contributed by atoms with Gasteiger partial charge in [-0.25, -0.2) is 4.98 Å². The summed E-state index contributed by atoms with van der Waals surface area (Å²) in [6.45, 7) is 5.30. The van der Waals surface area contributed by atoms with Crippen LogP contribution in [0.25, 0.3) is 4.96 Å². The maximum atomic E-state index is 12.9. The standard InChI is InChI=1S/C20H23N5O2S/c1-3-14-7-4-5-9-16(14)22-18(27)15-8-6-10-24(12-15)20-23-25-17(26)11-13(2)21-19(25)28-20/h4-5,7,9,11,15H,3,6,8,10,12H2,1-2H3,(H,22,27)/t15-/m0/s1. The third kappa shape index (κ3) is 3.64. The van der Waals surface area contributed by atoms with Crippen LogP contribution in [-0.4, -0.2) is 33.6 Å². The summed E-state index contributed by atoms with van der Waals surface area (Å²) in [4.78, 5) is 32.0. The van der Waals surface area contributed by atoms with Gasteiger partial charge >= 0.3 is 0 Å². The number of aromatic nitrogens is 3. The molecule has 3 heterocycles. The van der Waals surface area contributed by atoms with E-state index in [9.17, 15) is 9.59 Å². The monoisotopic (exact) mass is 397 g/mol. The van der Waals surface area contributed by atoms with Crippen LogP contribution in [0, 0.1) is 12.8 Å². The molecule has 1 aliphatic rings. The Bertz CT molecular complexity index is 1070. The normalized spacial score (nSPS) is 17.1. The van der Waals surface area contributed by atoms with Crippen molar-refractivity contribution in [2.75, 3.05) is 23.3 Å². The van der Waals surface area contributed by atoms with Crippen molar-refractivity contribution in [1.82, 2.24) is 14.6 Å². The van der Waals surface area contributed by atoms with E-state index in [1.54, 1.807) is 6.92 Å². The van der Waals surface area contributed by atoms with Gasteiger partial charge in [-0.15, -0.1) is 5.10 Å². The number of hydrogen-bond acceptors (Lipinski definition) is 6. The number of fused-ring (bicyclic) bond motifs is 1. The van der Waals surface area contributed by atoms with Crippen LogP contribution in [0.5, 0.6) is 0 Å². The largest absolute Gasteiger partial charge is 0.346 e. The number of carbonyl (C=O) groups excluding carboxylic acids is 1. The number of hydrogen-bond donors (Lipinski definition) is 1. The molecule has 1 amide bonds. The van der Waals surface area contributed by atoms with Gasteiger partial charge in [-0.2, -0.15) is 4.52 Å². The van der Waals surface area contributed by atoms with Crippen LogP contribution < -0.4 is 15.8 Å². The SMILES string of the molecule is CCc1ccccc1NC(=O)[C@H]1CCCN(c2nn3c(=O)cc(C)nc3s2)C1. The van der Waals surface area contributed by atoms with Gasteiger partial charge in [0.25, 0.3) is 5.56 Å². The van der Waals surface area contributed by atoms with E-state index in [1.165, 1.54) is 21.9 Å². The predicted octanol–water partition coefficient (Wildman–Crippen LogP) is 2.88. The molecule has 4 rings (SSSR count). The van der Waals surface area contributed by atoms with Crippen molar-refractivity contribution in [1.29, 1.82) is 0 Å². The maximum absolute atomic E-state index is 12.9. The molecule has 146 valence electrons. The number of amides is 1. The lowest BCUT2D eigenvalue weighted by Gasteiger charge is -2.31. The van der Waals surface area contributed by atoms with Crippen LogP contribution in [0.1, 0.15) is 31.0 Å². The second kappa shape index (κ2) is 7.71. The second-order valence-corrected chi connectivity index (χ2v) is 8.03. The van der Waals surface area contributed by atoms with E-state index in [0.717, 1.165) is 42.2 Å². The fourth-order valence-corrected chi connectivity index (χ4v) is 4.58. The highest BCUT2D eigenvalue weighted by Crippen LogP contribution is 2.28. The van der Waals surface area contributed by atoms with Crippen molar-refractivity contribution >= 4 is 33.0 Å². The Morgan fingerprint density at radius 2 is 2.18 bits per heavy atom. The third-order valence-electron chi connectivity index (χ3n) is 5.08. The summed E-state index contributed by atoms with van der Waals surface area (Å²) in [6, 6.07) is 9.40. The minimum Gasteiger partial charge on any atom is -0.346 e. The molecule has 2 aromatic heterocycles. The first kappa shape index (κ1) is 18.6. The summed E-state index contributed by atoms with van der Waals surface area (Å²) in [5, 5.41) is 8.27. The Labute approximate surface area is 167 Å². The lowest BCUT2D eigenvalue weighted by molar-refractivity contribution is -0.120. The molecule has 1 N–H and O–H groups in total. The molecule has 0 spiro atoms. The van der Waals surface area contributed by atoms with Crippen LogP contribution in [0.2, 0.25) is 0 Å². The summed E-state index contributed by atoms with van der Waals surface area (Å²) in [7, 11) is 0. The topological polar surface area (TPSA) is 79.6 Å². The molecule has 7 nitrogen and oxygen atoms in total. The number of aryl methyl sites for hydroxylation is 2. The van der Waals surface area contributed by atoms with E-state index in [2.05, 4.69) is 27.2 Å². The first-order chi connectivity index (χ1) is 13.5. The molecule has 0 bridgehead atoms. The average molecular weight is 398 g/mol. The minimum absolute atomic E-state index is 0.0397. The molecule has 1 aliphatic heterocycles. The molecule has 0 radical (unpaired) electrons.